The number of carbonyl (C=O) groups excluding carboxylic acids is 2. The van der Waals surface area contributed by atoms with Crippen LogP contribution in [0.25, 0.3) is 0 Å². The van der Waals surface area contributed by atoms with E-state index in [1.165, 1.54) is 0 Å². The zero-order chi connectivity index (χ0) is 15.8. The third kappa shape index (κ3) is 6.44. The molecule has 0 spiro atoms. The number of likely N-dealkylation sites (N-methyl/N-ethyl adjacent to an activating group) is 1. The maximum Gasteiger partial charge on any atom is 0.326 e. The van der Waals surface area contributed by atoms with E-state index in [1.54, 1.807) is 0 Å². The molecule has 0 saturated carbocycles. The van der Waals surface area contributed by atoms with Gasteiger partial charge in [0.05, 0.1) is 0 Å². The van der Waals surface area contributed by atoms with E-state index in [1.807, 2.05) is 7.05 Å². The maximum atomic E-state index is 11.7. The quantitative estimate of drug-likeness (QED) is 0.504. The number of nitrogens with one attached hydrogen (secondary N) is 2. The Bertz CT molecular complexity index is 388. The first-order valence-electron chi connectivity index (χ1n) is 7.16. The predicted molar refractivity (Wildman–Crippen MR) is 76.7 cm³/mol. The fourth-order valence-corrected chi connectivity index (χ4v) is 2.37. The molecule has 0 radical (unpaired) electrons. The van der Waals surface area contributed by atoms with Gasteiger partial charge in [0.15, 0.2) is 0 Å². The molecular weight excluding hydrogens is 276 g/mol. The number of nitrogens with zero attached hydrogens (tertiary/aromatic N) is 1. The molecule has 120 valence electrons. The normalized spacial score (nSPS) is 20.5. The van der Waals surface area contributed by atoms with Gasteiger partial charge >= 0.3 is 12.0 Å². The van der Waals surface area contributed by atoms with E-state index in [0.717, 1.165) is 25.8 Å². The molecule has 0 aromatic heterocycles. The molecule has 8 heteroatoms. The van der Waals surface area contributed by atoms with Gasteiger partial charge in [-0.1, -0.05) is 6.42 Å². The summed E-state index contributed by atoms with van der Waals surface area (Å²) in [4.78, 5) is 35.6. The number of aliphatic carboxylic acids is 1. The number of nitrogens with two attached hydrogens (primary N) is 1. The van der Waals surface area contributed by atoms with E-state index >= 15 is 0 Å². The van der Waals surface area contributed by atoms with Crippen molar-refractivity contribution in [1.82, 2.24) is 15.5 Å². The van der Waals surface area contributed by atoms with Crippen LogP contribution < -0.4 is 16.4 Å². The molecule has 2 atom stereocenters. The van der Waals surface area contributed by atoms with Crippen molar-refractivity contribution in [3.05, 3.63) is 0 Å². The Hall–Kier alpha value is -1.83. The molecule has 8 nitrogen and oxygen atoms in total. The Labute approximate surface area is 124 Å². The van der Waals surface area contributed by atoms with Crippen molar-refractivity contribution >= 4 is 17.9 Å². The van der Waals surface area contributed by atoms with Gasteiger partial charge in [-0.25, -0.2) is 9.59 Å². The van der Waals surface area contributed by atoms with Gasteiger partial charge in [0.1, 0.15) is 6.04 Å². The smallest absolute Gasteiger partial charge is 0.326 e. The maximum absolute atomic E-state index is 11.7. The lowest BCUT2D eigenvalue weighted by Crippen LogP contribution is -2.50. The molecular formula is C13H24N4O4. The van der Waals surface area contributed by atoms with E-state index < -0.39 is 23.9 Å². The van der Waals surface area contributed by atoms with Crippen LogP contribution in [0.4, 0.5) is 4.79 Å². The van der Waals surface area contributed by atoms with Crippen LogP contribution in [-0.4, -0.2) is 60.1 Å². The number of urea groups is 1. The Balaban J connectivity index is 2.35. The summed E-state index contributed by atoms with van der Waals surface area (Å²) in [5.41, 5.74) is 4.98. The van der Waals surface area contributed by atoms with Gasteiger partial charge in [0, 0.05) is 19.0 Å². The number of piperidine rings is 1. The van der Waals surface area contributed by atoms with Crippen LogP contribution in [0.3, 0.4) is 0 Å². The third-order valence-corrected chi connectivity index (χ3v) is 3.70. The molecule has 0 bridgehead atoms. The molecule has 0 aromatic carbocycles. The van der Waals surface area contributed by atoms with Crippen molar-refractivity contribution < 1.29 is 19.5 Å². The molecule has 5 N–H and O–H groups in total. The lowest BCUT2D eigenvalue weighted by Gasteiger charge is -2.32. The first-order valence-corrected chi connectivity index (χ1v) is 7.16. The van der Waals surface area contributed by atoms with Crippen LogP contribution in [0.15, 0.2) is 0 Å². The second-order valence-electron chi connectivity index (χ2n) is 5.38. The van der Waals surface area contributed by atoms with Crippen LogP contribution in [-0.2, 0) is 9.59 Å². The average Bonchev–Trinajstić information content (AvgIpc) is 2.42. The summed E-state index contributed by atoms with van der Waals surface area (Å²) >= 11 is 0. The van der Waals surface area contributed by atoms with Crippen LogP contribution >= 0.6 is 0 Å². The predicted octanol–water partition coefficient (Wildman–Crippen LogP) is -0.511. The minimum absolute atomic E-state index is 0.0125. The van der Waals surface area contributed by atoms with Crippen LogP contribution in [0.2, 0.25) is 0 Å². The average molecular weight is 300 g/mol. The van der Waals surface area contributed by atoms with Crippen molar-refractivity contribution in [2.45, 2.75) is 44.2 Å². The minimum atomic E-state index is -1.18. The Kier molecular flexibility index (Phi) is 6.93. The first-order chi connectivity index (χ1) is 9.90. The zero-order valence-corrected chi connectivity index (χ0v) is 12.3. The van der Waals surface area contributed by atoms with Gasteiger partial charge in [0.25, 0.3) is 0 Å². The number of hydrogen-bond acceptors (Lipinski definition) is 4. The SMILES string of the molecule is CN1CCCCC1CNC(=O)N[C@H](CCC(N)=O)C(=O)O. The van der Waals surface area contributed by atoms with Crippen molar-refractivity contribution in [2.24, 2.45) is 5.73 Å². The van der Waals surface area contributed by atoms with Gasteiger partial charge in [0.2, 0.25) is 5.91 Å². The summed E-state index contributed by atoms with van der Waals surface area (Å²) in [5, 5.41) is 14.0. The van der Waals surface area contributed by atoms with Gasteiger partial charge in [-0.3, -0.25) is 4.79 Å². The van der Waals surface area contributed by atoms with E-state index in [2.05, 4.69) is 15.5 Å². The fourth-order valence-electron chi connectivity index (χ4n) is 2.37. The minimum Gasteiger partial charge on any atom is -0.480 e. The number of carboxylic acids is 1. The first kappa shape index (κ1) is 17.2. The highest BCUT2D eigenvalue weighted by Gasteiger charge is 2.22. The van der Waals surface area contributed by atoms with Crippen LogP contribution in [0.5, 0.6) is 0 Å². The Morgan fingerprint density at radius 1 is 1.38 bits per heavy atom. The topological polar surface area (TPSA) is 125 Å². The lowest BCUT2D eigenvalue weighted by atomic mass is 10.0. The van der Waals surface area contributed by atoms with Gasteiger partial charge < -0.3 is 26.4 Å². The summed E-state index contributed by atoms with van der Waals surface area (Å²) in [6.45, 7) is 1.48. The number of primary amides is 1. The summed E-state index contributed by atoms with van der Waals surface area (Å²) < 4.78 is 0. The van der Waals surface area contributed by atoms with E-state index in [-0.39, 0.29) is 18.9 Å². The van der Waals surface area contributed by atoms with Crippen molar-refractivity contribution in [1.29, 1.82) is 0 Å². The van der Waals surface area contributed by atoms with Crippen molar-refractivity contribution in [3.8, 4) is 0 Å². The van der Waals surface area contributed by atoms with Crippen LogP contribution in [0.1, 0.15) is 32.1 Å². The largest absolute Gasteiger partial charge is 0.480 e. The molecule has 1 saturated heterocycles. The van der Waals surface area contributed by atoms with Gasteiger partial charge in [-0.2, -0.15) is 0 Å². The Morgan fingerprint density at radius 3 is 2.67 bits per heavy atom. The van der Waals surface area contributed by atoms with Crippen LogP contribution in [0, 0.1) is 0 Å². The highest BCUT2D eigenvalue weighted by molar-refractivity contribution is 5.83. The molecule has 3 amide bonds. The lowest BCUT2D eigenvalue weighted by molar-refractivity contribution is -0.139. The van der Waals surface area contributed by atoms with E-state index in [9.17, 15) is 14.4 Å². The molecule has 1 heterocycles. The molecule has 21 heavy (non-hydrogen) atoms. The van der Waals surface area contributed by atoms with Crippen molar-refractivity contribution in [3.63, 3.8) is 0 Å². The summed E-state index contributed by atoms with van der Waals surface area (Å²) in [7, 11) is 2.01. The number of carbonyl (C=O) groups is 3. The summed E-state index contributed by atoms with van der Waals surface area (Å²) in [6, 6.07) is -1.37. The second-order valence-corrected chi connectivity index (χ2v) is 5.38. The van der Waals surface area contributed by atoms with Crippen molar-refractivity contribution in [2.75, 3.05) is 20.1 Å². The standard InChI is InChI=1S/C13H24N4O4/c1-17-7-3-2-4-9(17)8-15-13(21)16-10(12(19)20)5-6-11(14)18/h9-10H,2-8H2,1H3,(H2,14,18)(H,19,20)(H2,15,16,21)/t9?,10-/m1/s1. The van der Waals surface area contributed by atoms with Gasteiger partial charge in [-0.05, 0) is 32.9 Å². The highest BCUT2D eigenvalue weighted by Crippen LogP contribution is 2.13. The number of likely N-dealkylation sites (tertiary alicyclic amines) is 1. The monoisotopic (exact) mass is 300 g/mol. The van der Waals surface area contributed by atoms with E-state index in [4.69, 9.17) is 10.8 Å². The molecule has 0 aromatic rings. The van der Waals surface area contributed by atoms with Gasteiger partial charge in [-0.15, -0.1) is 0 Å². The molecule has 1 fully saturated rings. The second kappa shape index (κ2) is 8.46. The highest BCUT2D eigenvalue weighted by atomic mass is 16.4. The zero-order valence-electron chi connectivity index (χ0n) is 12.3. The third-order valence-electron chi connectivity index (χ3n) is 3.70. The molecule has 1 unspecified atom stereocenters. The number of amides is 3. The summed E-state index contributed by atoms with van der Waals surface area (Å²) in [5.74, 6) is -1.77. The number of rotatable bonds is 7. The number of carboxylic acid groups (broad SMARTS) is 1. The summed E-state index contributed by atoms with van der Waals surface area (Å²) in [6.07, 6.45) is 3.22. The molecule has 1 rings (SSSR count). The Morgan fingerprint density at radius 2 is 2.10 bits per heavy atom. The molecule has 1 aliphatic rings. The fraction of sp³-hybridized carbons (Fsp3) is 0.769. The number of hydrogen-bond donors (Lipinski definition) is 4. The van der Waals surface area contributed by atoms with E-state index in [0.29, 0.717) is 6.54 Å². The molecule has 0 aliphatic carbocycles. The molecule has 1 aliphatic heterocycles.